The lowest BCUT2D eigenvalue weighted by Crippen LogP contribution is -2.28. The van der Waals surface area contributed by atoms with Crippen LogP contribution in [0.5, 0.6) is 0 Å². The third-order valence-corrected chi connectivity index (χ3v) is 2.99. The summed E-state index contributed by atoms with van der Waals surface area (Å²) in [6.07, 6.45) is -2.60. The van der Waals surface area contributed by atoms with E-state index >= 15 is 0 Å². The second kappa shape index (κ2) is 4.33. The van der Waals surface area contributed by atoms with Crippen molar-refractivity contribution in [2.45, 2.75) is 32.0 Å². The first-order valence-corrected chi connectivity index (χ1v) is 5.64. The Hall–Kier alpha value is -1.04. The van der Waals surface area contributed by atoms with Gasteiger partial charge in [-0.2, -0.15) is 13.2 Å². The minimum absolute atomic E-state index is 0.182. The lowest BCUT2D eigenvalue weighted by Gasteiger charge is -2.23. The number of nitrogens with zero attached hydrogens (tertiary/aromatic N) is 3. The maximum Gasteiger partial charge on any atom is 0.433 e. The van der Waals surface area contributed by atoms with Gasteiger partial charge in [-0.1, -0.05) is 0 Å². The van der Waals surface area contributed by atoms with E-state index in [1.54, 1.807) is 0 Å². The van der Waals surface area contributed by atoms with E-state index in [0.717, 1.165) is 18.9 Å². The molecule has 0 spiro atoms. The highest BCUT2D eigenvalue weighted by molar-refractivity contribution is 6.28. The standard InChI is InChI=1S/C10H11ClF3N3/c1-6-3-2-4-17(6)8-5-7(10(12,13)14)15-9(11)16-8/h5-6H,2-4H2,1H3. The van der Waals surface area contributed by atoms with Crippen molar-refractivity contribution in [3.63, 3.8) is 0 Å². The molecule has 0 N–H and O–H groups in total. The van der Waals surface area contributed by atoms with Crippen LogP contribution in [0.3, 0.4) is 0 Å². The molecule has 0 bridgehead atoms. The quantitative estimate of drug-likeness (QED) is 0.731. The number of hydrogen-bond donors (Lipinski definition) is 0. The molecule has 1 aromatic rings. The molecule has 1 atom stereocenters. The highest BCUT2D eigenvalue weighted by atomic mass is 35.5. The Kier molecular flexibility index (Phi) is 3.16. The second-order valence-electron chi connectivity index (χ2n) is 4.06. The SMILES string of the molecule is CC1CCCN1c1cc(C(F)(F)F)nc(Cl)n1. The molecule has 0 amide bonds. The molecule has 94 valence electrons. The van der Waals surface area contributed by atoms with Crippen molar-refractivity contribution in [2.24, 2.45) is 0 Å². The van der Waals surface area contributed by atoms with E-state index < -0.39 is 11.9 Å². The zero-order chi connectivity index (χ0) is 12.6. The summed E-state index contributed by atoms with van der Waals surface area (Å²) in [4.78, 5) is 8.89. The second-order valence-corrected chi connectivity index (χ2v) is 4.40. The monoisotopic (exact) mass is 265 g/mol. The van der Waals surface area contributed by atoms with Crippen molar-refractivity contribution in [3.05, 3.63) is 17.0 Å². The first-order chi connectivity index (χ1) is 7.88. The Bertz CT molecular complexity index is 422. The molecule has 7 heteroatoms. The smallest absolute Gasteiger partial charge is 0.354 e. The summed E-state index contributed by atoms with van der Waals surface area (Å²) in [5, 5.41) is -0.367. The molecule has 2 heterocycles. The first-order valence-electron chi connectivity index (χ1n) is 5.26. The molecule has 1 fully saturated rings. The fourth-order valence-corrected chi connectivity index (χ4v) is 2.15. The normalized spacial score (nSPS) is 21.0. The van der Waals surface area contributed by atoms with Crippen molar-refractivity contribution in [2.75, 3.05) is 11.4 Å². The van der Waals surface area contributed by atoms with Crippen molar-refractivity contribution >= 4 is 17.4 Å². The predicted molar refractivity (Wildman–Crippen MR) is 58.1 cm³/mol. The Morgan fingerprint density at radius 2 is 2.12 bits per heavy atom. The van der Waals surface area contributed by atoms with Gasteiger partial charge < -0.3 is 4.90 Å². The first kappa shape index (κ1) is 12.4. The van der Waals surface area contributed by atoms with Crippen molar-refractivity contribution in [3.8, 4) is 0 Å². The number of halogens is 4. The van der Waals surface area contributed by atoms with Gasteiger partial charge in [-0.15, -0.1) is 0 Å². The molecule has 1 saturated heterocycles. The van der Waals surface area contributed by atoms with E-state index in [4.69, 9.17) is 11.6 Å². The molecule has 0 aromatic carbocycles. The predicted octanol–water partition coefficient (Wildman–Crippen LogP) is 3.14. The molecular formula is C10H11ClF3N3. The zero-order valence-corrected chi connectivity index (χ0v) is 9.89. The average molecular weight is 266 g/mol. The summed E-state index contributed by atoms with van der Waals surface area (Å²) in [6, 6.07) is 1.13. The minimum Gasteiger partial charge on any atom is -0.354 e. The van der Waals surface area contributed by atoms with Gasteiger partial charge in [0.05, 0.1) is 0 Å². The topological polar surface area (TPSA) is 29.0 Å². The van der Waals surface area contributed by atoms with Crippen LogP contribution in [-0.4, -0.2) is 22.6 Å². The van der Waals surface area contributed by atoms with E-state index in [1.165, 1.54) is 0 Å². The van der Waals surface area contributed by atoms with Crippen LogP contribution in [0.1, 0.15) is 25.5 Å². The Morgan fingerprint density at radius 1 is 1.41 bits per heavy atom. The van der Waals surface area contributed by atoms with Gasteiger partial charge in [-0.05, 0) is 31.4 Å². The van der Waals surface area contributed by atoms with E-state index in [9.17, 15) is 13.2 Å². The van der Waals surface area contributed by atoms with E-state index in [1.807, 2.05) is 11.8 Å². The Morgan fingerprint density at radius 3 is 2.65 bits per heavy atom. The van der Waals surface area contributed by atoms with Crippen LogP contribution < -0.4 is 4.90 Å². The Labute approximate surface area is 102 Å². The number of hydrogen-bond acceptors (Lipinski definition) is 3. The summed E-state index contributed by atoms with van der Waals surface area (Å²) in [6.45, 7) is 2.65. The van der Waals surface area contributed by atoms with Crippen molar-refractivity contribution in [1.29, 1.82) is 0 Å². The molecule has 1 aromatic heterocycles. The fraction of sp³-hybridized carbons (Fsp3) is 0.600. The summed E-state index contributed by atoms with van der Waals surface area (Å²) in [5.74, 6) is 0.252. The maximum absolute atomic E-state index is 12.6. The third-order valence-electron chi connectivity index (χ3n) is 2.82. The molecule has 17 heavy (non-hydrogen) atoms. The van der Waals surface area contributed by atoms with Gasteiger partial charge in [0.2, 0.25) is 5.28 Å². The van der Waals surface area contributed by atoms with Crippen LogP contribution in [0.4, 0.5) is 19.0 Å². The number of anilines is 1. The lowest BCUT2D eigenvalue weighted by molar-refractivity contribution is -0.141. The van der Waals surface area contributed by atoms with Gasteiger partial charge in [-0.25, -0.2) is 9.97 Å². The average Bonchev–Trinajstić information content (AvgIpc) is 2.62. The van der Waals surface area contributed by atoms with Gasteiger partial charge in [0.1, 0.15) is 5.82 Å². The number of aromatic nitrogens is 2. The van der Waals surface area contributed by atoms with Crippen LogP contribution in [0.15, 0.2) is 6.07 Å². The molecule has 0 radical (unpaired) electrons. The Balaban J connectivity index is 2.38. The fourth-order valence-electron chi connectivity index (χ4n) is 1.97. The van der Waals surface area contributed by atoms with Gasteiger partial charge >= 0.3 is 6.18 Å². The minimum atomic E-state index is -4.50. The van der Waals surface area contributed by atoms with E-state index in [-0.39, 0.29) is 17.1 Å². The van der Waals surface area contributed by atoms with Crippen molar-refractivity contribution in [1.82, 2.24) is 9.97 Å². The molecule has 1 aliphatic rings. The molecule has 0 saturated carbocycles. The zero-order valence-electron chi connectivity index (χ0n) is 9.13. The van der Waals surface area contributed by atoms with Crippen LogP contribution >= 0.6 is 11.6 Å². The third kappa shape index (κ3) is 2.62. The molecule has 2 rings (SSSR count). The maximum atomic E-state index is 12.6. The van der Waals surface area contributed by atoms with Crippen LogP contribution in [0, 0.1) is 0 Å². The molecule has 1 unspecified atom stereocenters. The summed E-state index contributed by atoms with van der Waals surface area (Å²) in [7, 11) is 0. The van der Waals surface area contributed by atoms with Gasteiger partial charge in [0.15, 0.2) is 5.69 Å². The highest BCUT2D eigenvalue weighted by Gasteiger charge is 2.34. The van der Waals surface area contributed by atoms with Crippen LogP contribution in [-0.2, 0) is 6.18 Å². The van der Waals surface area contributed by atoms with Gasteiger partial charge in [0, 0.05) is 18.7 Å². The van der Waals surface area contributed by atoms with Gasteiger partial charge in [0.25, 0.3) is 0 Å². The molecule has 0 aliphatic carbocycles. The molecular weight excluding hydrogens is 255 g/mol. The van der Waals surface area contributed by atoms with Crippen molar-refractivity contribution < 1.29 is 13.2 Å². The van der Waals surface area contributed by atoms with E-state index in [0.29, 0.717) is 6.54 Å². The largest absolute Gasteiger partial charge is 0.433 e. The van der Waals surface area contributed by atoms with Crippen LogP contribution in [0.25, 0.3) is 0 Å². The number of rotatable bonds is 1. The van der Waals surface area contributed by atoms with Crippen LogP contribution in [0.2, 0.25) is 5.28 Å². The molecule has 1 aliphatic heterocycles. The van der Waals surface area contributed by atoms with E-state index in [2.05, 4.69) is 9.97 Å². The summed E-state index contributed by atoms with van der Waals surface area (Å²) in [5.41, 5.74) is -0.994. The summed E-state index contributed by atoms with van der Waals surface area (Å²) < 4.78 is 37.7. The van der Waals surface area contributed by atoms with Gasteiger partial charge in [-0.3, -0.25) is 0 Å². The lowest BCUT2D eigenvalue weighted by atomic mass is 10.2. The summed E-state index contributed by atoms with van der Waals surface area (Å²) >= 11 is 5.53. The number of alkyl halides is 3. The molecule has 3 nitrogen and oxygen atoms in total. The highest BCUT2D eigenvalue weighted by Crippen LogP contribution is 2.32.